The van der Waals surface area contributed by atoms with E-state index in [1.54, 1.807) is 0 Å². The van der Waals surface area contributed by atoms with Gasteiger partial charge in [-0.3, -0.25) is 4.79 Å². The SMILES string of the molecule is CC/C=C/CNC(=O)Cc1c[nH]c2ccccc12. The molecule has 2 N–H and O–H groups in total. The number of benzene rings is 1. The van der Waals surface area contributed by atoms with E-state index in [9.17, 15) is 4.79 Å². The third-order valence-corrected chi connectivity index (χ3v) is 2.85. The molecule has 1 amide bonds. The first-order chi connectivity index (χ1) is 8.81. The Balaban J connectivity index is 1.97. The molecule has 18 heavy (non-hydrogen) atoms. The van der Waals surface area contributed by atoms with Gasteiger partial charge in [0.2, 0.25) is 5.91 Å². The molecule has 3 nitrogen and oxygen atoms in total. The maximum Gasteiger partial charge on any atom is 0.224 e. The van der Waals surface area contributed by atoms with E-state index in [4.69, 9.17) is 0 Å². The second-order valence-electron chi connectivity index (χ2n) is 4.22. The lowest BCUT2D eigenvalue weighted by Crippen LogP contribution is -2.24. The normalized spacial score (nSPS) is 11.2. The van der Waals surface area contributed by atoms with Gasteiger partial charge in [0.1, 0.15) is 0 Å². The molecule has 2 aromatic rings. The fraction of sp³-hybridized carbons (Fsp3) is 0.267. The van der Waals surface area contributed by atoms with Crippen molar-refractivity contribution in [1.82, 2.24) is 10.3 Å². The lowest BCUT2D eigenvalue weighted by atomic mass is 10.1. The molecule has 2 rings (SSSR count). The number of hydrogen-bond acceptors (Lipinski definition) is 1. The molecule has 0 aliphatic heterocycles. The predicted octanol–water partition coefficient (Wildman–Crippen LogP) is 2.79. The second-order valence-corrected chi connectivity index (χ2v) is 4.22. The second kappa shape index (κ2) is 6.05. The maximum absolute atomic E-state index is 11.8. The number of aromatic amines is 1. The summed E-state index contributed by atoms with van der Waals surface area (Å²) in [6, 6.07) is 8.02. The van der Waals surface area contributed by atoms with Crippen LogP contribution in [0.15, 0.2) is 42.6 Å². The van der Waals surface area contributed by atoms with Gasteiger partial charge in [-0.2, -0.15) is 0 Å². The number of carbonyl (C=O) groups excluding carboxylic acids is 1. The number of allylic oxidation sites excluding steroid dienone is 1. The maximum atomic E-state index is 11.8. The molecular formula is C15H18N2O. The van der Waals surface area contributed by atoms with Crippen LogP contribution >= 0.6 is 0 Å². The third-order valence-electron chi connectivity index (χ3n) is 2.85. The third kappa shape index (κ3) is 3.00. The van der Waals surface area contributed by atoms with E-state index in [0.717, 1.165) is 22.9 Å². The van der Waals surface area contributed by atoms with Crippen molar-refractivity contribution < 1.29 is 4.79 Å². The van der Waals surface area contributed by atoms with Gasteiger partial charge in [0.05, 0.1) is 6.42 Å². The number of para-hydroxylation sites is 1. The molecule has 0 atom stereocenters. The minimum Gasteiger partial charge on any atom is -0.361 e. The van der Waals surface area contributed by atoms with Gasteiger partial charge in [0, 0.05) is 23.6 Å². The highest BCUT2D eigenvalue weighted by Crippen LogP contribution is 2.17. The molecule has 1 aromatic heterocycles. The Morgan fingerprint density at radius 2 is 2.17 bits per heavy atom. The van der Waals surface area contributed by atoms with Gasteiger partial charge in [0.25, 0.3) is 0 Å². The monoisotopic (exact) mass is 242 g/mol. The molecule has 0 radical (unpaired) electrons. The van der Waals surface area contributed by atoms with Crippen LogP contribution in [0.2, 0.25) is 0 Å². The number of rotatable bonds is 5. The zero-order valence-corrected chi connectivity index (χ0v) is 10.6. The molecule has 0 aliphatic carbocycles. The summed E-state index contributed by atoms with van der Waals surface area (Å²) in [6.45, 7) is 2.68. The zero-order chi connectivity index (χ0) is 12.8. The molecular weight excluding hydrogens is 224 g/mol. The number of hydrogen-bond donors (Lipinski definition) is 2. The van der Waals surface area contributed by atoms with Crippen LogP contribution in [-0.4, -0.2) is 17.4 Å². The summed E-state index contributed by atoms with van der Waals surface area (Å²) < 4.78 is 0. The molecule has 0 fully saturated rings. The van der Waals surface area contributed by atoms with Crippen LogP contribution in [0.3, 0.4) is 0 Å². The van der Waals surface area contributed by atoms with Crippen molar-refractivity contribution in [3.8, 4) is 0 Å². The van der Waals surface area contributed by atoms with Gasteiger partial charge in [-0.15, -0.1) is 0 Å². The minimum absolute atomic E-state index is 0.0560. The van der Waals surface area contributed by atoms with E-state index < -0.39 is 0 Å². The van der Waals surface area contributed by atoms with Crippen molar-refractivity contribution in [2.24, 2.45) is 0 Å². The molecule has 0 saturated heterocycles. The average Bonchev–Trinajstić information content (AvgIpc) is 2.78. The summed E-state index contributed by atoms with van der Waals surface area (Å²) in [4.78, 5) is 14.9. The van der Waals surface area contributed by atoms with Crippen molar-refractivity contribution in [2.75, 3.05) is 6.54 Å². The molecule has 0 unspecified atom stereocenters. The number of carbonyl (C=O) groups is 1. The van der Waals surface area contributed by atoms with Gasteiger partial charge in [-0.05, 0) is 18.1 Å². The van der Waals surface area contributed by atoms with Crippen LogP contribution < -0.4 is 5.32 Å². The molecule has 94 valence electrons. The van der Waals surface area contributed by atoms with Crippen LogP contribution in [0.1, 0.15) is 18.9 Å². The number of H-pyrrole nitrogens is 1. The molecule has 1 aromatic carbocycles. The standard InChI is InChI=1S/C15H18N2O/c1-2-3-6-9-16-15(18)10-12-11-17-14-8-5-4-7-13(12)14/h3-8,11,17H,2,9-10H2,1H3,(H,16,18)/b6-3+. The summed E-state index contributed by atoms with van der Waals surface area (Å²) in [5, 5.41) is 4.00. The minimum atomic E-state index is 0.0560. The number of amides is 1. The summed E-state index contributed by atoms with van der Waals surface area (Å²) in [7, 11) is 0. The Morgan fingerprint density at radius 1 is 1.33 bits per heavy atom. The van der Waals surface area contributed by atoms with Crippen molar-refractivity contribution in [1.29, 1.82) is 0 Å². The Bertz CT molecular complexity index is 554. The highest BCUT2D eigenvalue weighted by Gasteiger charge is 2.07. The smallest absolute Gasteiger partial charge is 0.224 e. The number of aromatic nitrogens is 1. The van der Waals surface area contributed by atoms with Crippen LogP contribution in [0, 0.1) is 0 Å². The quantitative estimate of drug-likeness (QED) is 0.778. The molecule has 0 bridgehead atoms. The summed E-state index contributed by atoms with van der Waals surface area (Å²) in [6.07, 6.45) is 7.35. The first kappa shape index (κ1) is 12.4. The lowest BCUT2D eigenvalue weighted by Gasteiger charge is -2.01. The van der Waals surface area contributed by atoms with Crippen LogP contribution in [0.25, 0.3) is 10.9 Å². The van der Waals surface area contributed by atoms with E-state index in [1.807, 2.05) is 42.6 Å². The van der Waals surface area contributed by atoms with E-state index in [2.05, 4.69) is 17.2 Å². The van der Waals surface area contributed by atoms with Gasteiger partial charge in [-0.25, -0.2) is 0 Å². The number of nitrogens with one attached hydrogen (secondary N) is 2. The molecule has 3 heteroatoms. The highest BCUT2D eigenvalue weighted by atomic mass is 16.1. The summed E-state index contributed by atoms with van der Waals surface area (Å²) in [5.74, 6) is 0.0560. The molecule has 0 saturated carbocycles. The topological polar surface area (TPSA) is 44.9 Å². The highest BCUT2D eigenvalue weighted by molar-refractivity contribution is 5.88. The fourth-order valence-electron chi connectivity index (χ4n) is 1.94. The largest absolute Gasteiger partial charge is 0.361 e. The molecule has 0 aliphatic rings. The Morgan fingerprint density at radius 3 is 3.00 bits per heavy atom. The van der Waals surface area contributed by atoms with Crippen LogP contribution in [-0.2, 0) is 11.2 Å². The summed E-state index contributed by atoms with van der Waals surface area (Å²) >= 11 is 0. The van der Waals surface area contributed by atoms with Crippen LogP contribution in [0.4, 0.5) is 0 Å². The van der Waals surface area contributed by atoms with Crippen molar-refractivity contribution >= 4 is 16.8 Å². The van der Waals surface area contributed by atoms with Crippen LogP contribution in [0.5, 0.6) is 0 Å². The predicted molar refractivity (Wildman–Crippen MR) is 74.4 cm³/mol. The van der Waals surface area contributed by atoms with E-state index >= 15 is 0 Å². The van der Waals surface area contributed by atoms with E-state index in [1.165, 1.54) is 0 Å². The lowest BCUT2D eigenvalue weighted by molar-refractivity contribution is -0.120. The molecule has 0 spiro atoms. The van der Waals surface area contributed by atoms with Crippen molar-refractivity contribution in [2.45, 2.75) is 19.8 Å². The Hall–Kier alpha value is -2.03. The van der Waals surface area contributed by atoms with Crippen molar-refractivity contribution in [3.63, 3.8) is 0 Å². The fourth-order valence-corrected chi connectivity index (χ4v) is 1.94. The van der Waals surface area contributed by atoms with Gasteiger partial charge < -0.3 is 10.3 Å². The Kier molecular flexibility index (Phi) is 4.18. The molecule has 1 heterocycles. The van der Waals surface area contributed by atoms with Gasteiger partial charge >= 0.3 is 0 Å². The Labute approximate surface area is 107 Å². The van der Waals surface area contributed by atoms with Gasteiger partial charge in [0.15, 0.2) is 0 Å². The van der Waals surface area contributed by atoms with Gasteiger partial charge in [-0.1, -0.05) is 37.3 Å². The summed E-state index contributed by atoms with van der Waals surface area (Å²) in [5.41, 5.74) is 2.12. The van der Waals surface area contributed by atoms with E-state index in [-0.39, 0.29) is 5.91 Å². The number of fused-ring (bicyclic) bond motifs is 1. The van der Waals surface area contributed by atoms with Crippen molar-refractivity contribution in [3.05, 3.63) is 48.2 Å². The zero-order valence-electron chi connectivity index (χ0n) is 10.6. The first-order valence-corrected chi connectivity index (χ1v) is 6.28. The first-order valence-electron chi connectivity index (χ1n) is 6.28. The average molecular weight is 242 g/mol. The van der Waals surface area contributed by atoms with E-state index in [0.29, 0.717) is 13.0 Å².